The Bertz CT molecular complexity index is 1330. The van der Waals surface area contributed by atoms with E-state index in [1.807, 2.05) is 0 Å². The van der Waals surface area contributed by atoms with Crippen molar-refractivity contribution in [1.29, 1.82) is 0 Å². The van der Waals surface area contributed by atoms with Gasteiger partial charge in [-0.05, 0) is 23.3 Å². The lowest BCUT2D eigenvalue weighted by molar-refractivity contribution is -0.659. The van der Waals surface area contributed by atoms with E-state index in [-0.39, 0.29) is 18.7 Å². The van der Waals surface area contributed by atoms with Gasteiger partial charge in [-0.1, -0.05) is 30.3 Å². The maximum atomic E-state index is 13.6. The van der Waals surface area contributed by atoms with Gasteiger partial charge in [-0.3, -0.25) is 19.7 Å². The van der Waals surface area contributed by atoms with Gasteiger partial charge in [0.25, 0.3) is 18.1 Å². The van der Waals surface area contributed by atoms with Crippen molar-refractivity contribution in [2.24, 2.45) is 7.05 Å². The van der Waals surface area contributed by atoms with Crippen LogP contribution in [-0.4, -0.2) is 40.3 Å². The van der Waals surface area contributed by atoms with Gasteiger partial charge in [0.15, 0.2) is 11.2 Å². The summed E-state index contributed by atoms with van der Waals surface area (Å²) in [5, 5.41) is 4.94. The summed E-state index contributed by atoms with van der Waals surface area (Å²) < 4.78 is 16.8. The first-order chi connectivity index (χ1) is 15.8. The Morgan fingerprint density at radius 1 is 1.15 bits per heavy atom. The molecule has 10 heteroatoms. The minimum absolute atomic E-state index is 0.117. The van der Waals surface area contributed by atoms with Crippen LogP contribution in [0, 0.1) is 5.82 Å². The predicted octanol–water partition coefficient (Wildman–Crippen LogP) is 0.848. The number of aromatic nitrogens is 2. The number of carbonyl (C=O) groups excluding carboxylic acids is 4. The highest BCUT2D eigenvalue weighted by Gasteiger charge is 2.50. The number of carbonyl (C=O) groups is 4. The maximum Gasteiger partial charge on any atom is 0.322 e. The average molecular weight is 448 g/mol. The number of hydrogen-bond donors (Lipinski definition) is 2. The zero-order valence-electron chi connectivity index (χ0n) is 17.5. The summed E-state index contributed by atoms with van der Waals surface area (Å²) in [7, 11) is 1.80. The van der Waals surface area contributed by atoms with Crippen LogP contribution in [0.3, 0.4) is 0 Å². The molecule has 0 aliphatic carbocycles. The third-order valence-corrected chi connectivity index (χ3v) is 6.07. The Kier molecular flexibility index (Phi) is 4.59. The summed E-state index contributed by atoms with van der Waals surface area (Å²) in [6.07, 6.45) is 3.98. The van der Waals surface area contributed by atoms with Crippen LogP contribution < -0.4 is 15.2 Å². The molecule has 9 nitrogen and oxygen atoms in total. The number of fused-ring (bicyclic) bond motifs is 1. The molecule has 5 rings (SSSR count). The molecule has 4 amide bonds. The first-order valence-electron chi connectivity index (χ1n) is 10.2. The van der Waals surface area contributed by atoms with Crippen molar-refractivity contribution in [3.63, 3.8) is 0 Å². The normalized spacial score (nSPS) is 19.5. The Morgan fingerprint density at radius 3 is 2.55 bits per heavy atom. The lowest BCUT2D eigenvalue weighted by atomic mass is 9.88. The first-order valence-corrected chi connectivity index (χ1v) is 10.2. The van der Waals surface area contributed by atoms with E-state index in [4.69, 9.17) is 0 Å². The molecule has 33 heavy (non-hydrogen) atoms. The van der Waals surface area contributed by atoms with Gasteiger partial charge in [-0.2, -0.15) is 4.57 Å². The third kappa shape index (κ3) is 3.27. The number of aryl methyl sites for hydroxylation is 1. The molecule has 0 radical (unpaired) electrons. The number of amides is 4. The third-order valence-electron chi connectivity index (χ3n) is 6.07. The van der Waals surface area contributed by atoms with Gasteiger partial charge in [0.1, 0.15) is 12.0 Å². The molecule has 0 saturated carbocycles. The van der Waals surface area contributed by atoms with Crippen molar-refractivity contribution in [2.45, 2.75) is 12.1 Å². The van der Waals surface area contributed by atoms with E-state index in [9.17, 15) is 23.6 Å². The van der Waals surface area contributed by atoms with Gasteiger partial charge < -0.3 is 10.2 Å². The molecule has 3 heterocycles. The van der Waals surface area contributed by atoms with Crippen molar-refractivity contribution in [2.75, 3.05) is 6.54 Å². The number of benzene rings is 2. The smallest absolute Gasteiger partial charge is 0.322 e. The number of hydrogen-bond acceptors (Lipinski definition) is 4. The van der Waals surface area contributed by atoms with Gasteiger partial charge in [-0.25, -0.2) is 13.8 Å². The summed E-state index contributed by atoms with van der Waals surface area (Å²) in [5.41, 5.74) is 1.46. The highest BCUT2D eigenvalue weighted by Crippen LogP contribution is 2.32. The van der Waals surface area contributed by atoms with Crippen molar-refractivity contribution in [1.82, 2.24) is 20.1 Å². The SMILES string of the molecule is C[n+]1cn(C=O)cc1-c1ccc([C@@]2(CN3Cc4ccc(F)cc4C3=O)NC(=O)NC2=O)cc1. The largest absolute Gasteiger partial charge is 0.331 e. The number of urea groups is 1. The number of halogens is 1. The van der Waals surface area contributed by atoms with Crippen LogP contribution in [0.5, 0.6) is 0 Å². The molecule has 0 spiro atoms. The highest BCUT2D eigenvalue weighted by molar-refractivity contribution is 6.08. The number of imide groups is 1. The highest BCUT2D eigenvalue weighted by atomic mass is 19.1. The standard InChI is InChI=1S/C23H18FN5O4/c1-27-12-28(13-30)10-19(27)14-2-5-16(6-3-14)23(21(32)25-22(33)26-23)11-29-9-15-4-7-17(24)8-18(15)20(29)31/h2-8,10,12-13H,9,11H2,1H3,(H-,25,26,32,33)/p+1/t23-/m1/s1. The van der Waals surface area contributed by atoms with E-state index in [0.717, 1.165) is 11.3 Å². The Balaban J connectivity index is 1.49. The Morgan fingerprint density at radius 2 is 1.91 bits per heavy atom. The van der Waals surface area contributed by atoms with Gasteiger partial charge >= 0.3 is 12.4 Å². The second kappa shape index (κ2) is 7.37. The number of nitrogens with zero attached hydrogens (tertiary/aromatic N) is 3. The molecular weight excluding hydrogens is 429 g/mol. The topological polar surface area (TPSA) is 104 Å². The lowest BCUT2D eigenvalue weighted by Crippen LogP contribution is -2.52. The van der Waals surface area contributed by atoms with E-state index in [2.05, 4.69) is 10.6 Å². The fourth-order valence-electron chi connectivity index (χ4n) is 4.43. The molecule has 0 bridgehead atoms. The molecule has 1 atom stereocenters. The monoisotopic (exact) mass is 448 g/mol. The molecule has 0 unspecified atom stereocenters. The van der Waals surface area contributed by atoms with Crippen molar-refractivity contribution < 1.29 is 28.1 Å². The van der Waals surface area contributed by atoms with Gasteiger partial charge in [0.05, 0.1) is 13.6 Å². The Hall–Kier alpha value is -4.34. The maximum absolute atomic E-state index is 13.6. The minimum atomic E-state index is -1.50. The molecule has 2 aliphatic rings. The van der Waals surface area contributed by atoms with Crippen molar-refractivity contribution in [3.05, 3.63) is 77.5 Å². The molecule has 1 aromatic heterocycles. The fourth-order valence-corrected chi connectivity index (χ4v) is 4.43. The molecule has 2 N–H and O–H groups in total. The Labute approximate surface area is 187 Å². The van der Waals surface area contributed by atoms with Crippen LogP contribution in [0.15, 0.2) is 55.0 Å². The summed E-state index contributed by atoms with van der Waals surface area (Å²) in [5.74, 6) is -1.50. The summed E-state index contributed by atoms with van der Waals surface area (Å²) in [6.45, 7) is 0.0842. The van der Waals surface area contributed by atoms with Crippen LogP contribution in [0.1, 0.15) is 21.5 Å². The molecular formula is C23H19FN5O4+. The van der Waals surface area contributed by atoms with Crippen LogP contribution in [0.4, 0.5) is 9.18 Å². The van der Waals surface area contributed by atoms with Gasteiger partial charge in [0, 0.05) is 17.7 Å². The molecule has 3 aromatic rings. The zero-order chi connectivity index (χ0) is 23.3. The molecule has 166 valence electrons. The quantitative estimate of drug-likeness (QED) is 0.343. The molecule has 1 saturated heterocycles. The summed E-state index contributed by atoms with van der Waals surface area (Å²) in [4.78, 5) is 50.4. The summed E-state index contributed by atoms with van der Waals surface area (Å²) in [6, 6.07) is 10.3. The summed E-state index contributed by atoms with van der Waals surface area (Å²) >= 11 is 0. The van der Waals surface area contributed by atoms with E-state index >= 15 is 0 Å². The van der Waals surface area contributed by atoms with E-state index in [0.29, 0.717) is 17.5 Å². The molecule has 2 aromatic carbocycles. The van der Waals surface area contributed by atoms with Gasteiger partial charge in [-0.15, -0.1) is 0 Å². The van der Waals surface area contributed by atoms with E-state index in [1.54, 1.807) is 54.5 Å². The first kappa shape index (κ1) is 20.6. The lowest BCUT2D eigenvalue weighted by Gasteiger charge is -2.31. The van der Waals surface area contributed by atoms with E-state index in [1.165, 1.54) is 21.6 Å². The average Bonchev–Trinajstić information content (AvgIpc) is 3.42. The molecule has 2 aliphatic heterocycles. The minimum Gasteiger partial charge on any atom is -0.331 e. The van der Waals surface area contributed by atoms with Gasteiger partial charge in [0.2, 0.25) is 0 Å². The van der Waals surface area contributed by atoms with Crippen LogP contribution in [0.25, 0.3) is 11.3 Å². The van der Waals surface area contributed by atoms with Crippen LogP contribution in [0.2, 0.25) is 0 Å². The number of nitrogens with one attached hydrogen (secondary N) is 2. The zero-order valence-corrected chi connectivity index (χ0v) is 17.5. The predicted molar refractivity (Wildman–Crippen MR) is 113 cm³/mol. The number of imidazole rings is 1. The van der Waals surface area contributed by atoms with Crippen LogP contribution in [-0.2, 0) is 28.7 Å². The second-order valence-corrected chi connectivity index (χ2v) is 8.15. The fraction of sp³-hybridized carbons (Fsp3) is 0.174. The number of rotatable bonds is 5. The second-order valence-electron chi connectivity index (χ2n) is 8.15. The van der Waals surface area contributed by atoms with Crippen LogP contribution >= 0.6 is 0 Å². The van der Waals surface area contributed by atoms with Crippen molar-refractivity contribution >= 4 is 24.3 Å². The molecule has 1 fully saturated rings. The van der Waals surface area contributed by atoms with Crippen molar-refractivity contribution in [3.8, 4) is 11.3 Å². The van der Waals surface area contributed by atoms with E-state index < -0.39 is 29.2 Å².